The summed E-state index contributed by atoms with van der Waals surface area (Å²) < 4.78 is 0. The summed E-state index contributed by atoms with van der Waals surface area (Å²) in [4.78, 5) is 24.2. The molecule has 4 rings (SSSR count). The molecule has 4 fully saturated rings. The van der Waals surface area contributed by atoms with E-state index in [0.717, 1.165) is 70.7 Å². The molecule has 0 bridgehead atoms. The summed E-state index contributed by atoms with van der Waals surface area (Å²) in [6.07, 6.45) is 13.0. The maximum atomic E-state index is 12.4. The molecule has 0 spiro atoms. The molecule has 2 aliphatic carbocycles. The van der Waals surface area contributed by atoms with E-state index in [1.807, 2.05) is 7.05 Å². The van der Waals surface area contributed by atoms with Crippen molar-refractivity contribution in [2.75, 3.05) is 59.4 Å². The van der Waals surface area contributed by atoms with Gasteiger partial charge in [-0.25, -0.2) is 0 Å². The Morgan fingerprint density at radius 2 is 1.66 bits per heavy atom. The number of rotatable bonds is 6. The zero-order chi connectivity index (χ0) is 21.5. The number of aliphatic imine (C=N–C) groups is 1. The van der Waals surface area contributed by atoms with Gasteiger partial charge in [-0.15, -0.1) is 24.0 Å². The van der Waals surface area contributed by atoms with Gasteiger partial charge >= 0.3 is 0 Å². The minimum atomic E-state index is 0. The highest BCUT2D eigenvalue weighted by molar-refractivity contribution is 14.0. The molecule has 0 aromatic heterocycles. The van der Waals surface area contributed by atoms with Crippen molar-refractivity contribution in [3.8, 4) is 0 Å². The van der Waals surface area contributed by atoms with E-state index in [-0.39, 0.29) is 24.0 Å². The topological polar surface area (TPSA) is 63.2 Å². The molecule has 1 amide bonds. The van der Waals surface area contributed by atoms with Crippen LogP contribution in [0.2, 0.25) is 0 Å². The second-order valence-electron chi connectivity index (χ2n) is 10.1. The van der Waals surface area contributed by atoms with Crippen LogP contribution in [0.5, 0.6) is 0 Å². The van der Waals surface area contributed by atoms with Gasteiger partial charge in [-0.05, 0) is 45.1 Å². The van der Waals surface area contributed by atoms with E-state index in [1.54, 1.807) is 0 Å². The predicted octanol–water partition coefficient (Wildman–Crippen LogP) is 2.51. The van der Waals surface area contributed by atoms with Gasteiger partial charge in [-0.1, -0.05) is 25.7 Å². The van der Waals surface area contributed by atoms with Crippen molar-refractivity contribution in [2.45, 2.75) is 76.3 Å². The monoisotopic (exact) mass is 560 g/mol. The first-order valence-corrected chi connectivity index (χ1v) is 13.0. The molecule has 32 heavy (non-hydrogen) atoms. The summed E-state index contributed by atoms with van der Waals surface area (Å²) in [5, 5.41) is 7.21. The van der Waals surface area contributed by atoms with Crippen molar-refractivity contribution in [1.29, 1.82) is 0 Å². The Balaban J connectivity index is 0.00000289. The van der Waals surface area contributed by atoms with Gasteiger partial charge in [-0.3, -0.25) is 19.6 Å². The normalized spacial score (nSPS) is 26.8. The van der Waals surface area contributed by atoms with Crippen molar-refractivity contribution < 1.29 is 4.79 Å². The lowest BCUT2D eigenvalue weighted by Crippen LogP contribution is -2.55. The molecule has 1 atom stereocenters. The second-order valence-corrected chi connectivity index (χ2v) is 10.1. The Labute approximate surface area is 212 Å². The van der Waals surface area contributed by atoms with Crippen molar-refractivity contribution in [3.05, 3.63) is 0 Å². The summed E-state index contributed by atoms with van der Waals surface area (Å²) >= 11 is 0. The summed E-state index contributed by atoms with van der Waals surface area (Å²) in [6.45, 7) is 8.09. The van der Waals surface area contributed by atoms with Crippen molar-refractivity contribution in [3.63, 3.8) is 0 Å². The van der Waals surface area contributed by atoms with Crippen LogP contribution in [0.1, 0.15) is 64.2 Å². The number of nitrogens with one attached hydrogen (secondary N) is 2. The number of piperazine rings is 1. The van der Waals surface area contributed by atoms with Crippen LogP contribution in [0.4, 0.5) is 0 Å². The minimum absolute atomic E-state index is 0. The molecular formula is C24H45IN6O. The third-order valence-electron chi connectivity index (χ3n) is 7.97. The van der Waals surface area contributed by atoms with Gasteiger partial charge < -0.3 is 15.5 Å². The average Bonchev–Trinajstić information content (AvgIpc) is 2.78. The van der Waals surface area contributed by atoms with Crippen LogP contribution in [0.25, 0.3) is 0 Å². The number of hydrogen-bond acceptors (Lipinski definition) is 4. The number of hydrogen-bond donors (Lipinski definition) is 2. The Hall–Kier alpha value is -0.610. The van der Waals surface area contributed by atoms with Crippen molar-refractivity contribution in [2.24, 2.45) is 10.9 Å². The lowest BCUT2D eigenvalue weighted by molar-refractivity contribution is -0.139. The molecular weight excluding hydrogens is 515 g/mol. The van der Waals surface area contributed by atoms with Crippen LogP contribution in [0.15, 0.2) is 4.99 Å². The molecule has 0 radical (unpaired) electrons. The van der Waals surface area contributed by atoms with Gasteiger partial charge in [0.25, 0.3) is 0 Å². The Kier molecular flexibility index (Phi) is 10.8. The van der Waals surface area contributed by atoms with Crippen LogP contribution in [0, 0.1) is 5.92 Å². The van der Waals surface area contributed by atoms with Gasteiger partial charge in [0.05, 0.1) is 0 Å². The van der Waals surface area contributed by atoms with Crippen LogP contribution in [-0.4, -0.2) is 98.1 Å². The number of piperidine rings is 1. The average molecular weight is 561 g/mol. The fraction of sp³-hybridized carbons (Fsp3) is 0.917. The van der Waals surface area contributed by atoms with E-state index in [4.69, 9.17) is 0 Å². The molecule has 0 aromatic rings. The fourth-order valence-corrected chi connectivity index (χ4v) is 5.73. The summed E-state index contributed by atoms with van der Waals surface area (Å²) in [7, 11) is 1.88. The van der Waals surface area contributed by atoms with Crippen LogP contribution in [0.3, 0.4) is 0 Å². The molecule has 2 N–H and O–H groups in total. The third-order valence-corrected chi connectivity index (χ3v) is 7.97. The zero-order valence-corrected chi connectivity index (χ0v) is 22.4. The highest BCUT2D eigenvalue weighted by Crippen LogP contribution is 2.28. The molecule has 2 saturated heterocycles. The quantitative estimate of drug-likeness (QED) is 0.297. The predicted molar refractivity (Wildman–Crippen MR) is 142 cm³/mol. The zero-order valence-electron chi connectivity index (χ0n) is 20.1. The molecule has 0 aromatic carbocycles. The minimum Gasteiger partial charge on any atom is -0.355 e. The number of nitrogens with zero attached hydrogens (tertiary/aromatic N) is 4. The lowest BCUT2D eigenvalue weighted by Gasteiger charge is -2.40. The standard InChI is InChI=1S/C24H44N6O.HI/c1-25-24(27-21-9-6-13-30(19-21)22-10-3-2-4-11-22)26-12-14-28-15-17-29(18-16-28)23(31)20-7-5-8-20;/h20-22H,2-19H2,1H3,(H2,25,26,27);1H. The van der Waals surface area contributed by atoms with E-state index < -0.39 is 0 Å². The number of amides is 1. The molecule has 8 heteroatoms. The number of halogens is 1. The highest BCUT2D eigenvalue weighted by Gasteiger charge is 2.31. The Bertz CT molecular complexity index is 599. The Morgan fingerprint density at radius 3 is 2.31 bits per heavy atom. The smallest absolute Gasteiger partial charge is 0.225 e. The van der Waals surface area contributed by atoms with Crippen LogP contribution < -0.4 is 10.6 Å². The summed E-state index contributed by atoms with van der Waals surface area (Å²) in [6, 6.07) is 1.31. The number of guanidine groups is 1. The third kappa shape index (κ3) is 7.19. The van der Waals surface area contributed by atoms with E-state index in [0.29, 0.717) is 17.9 Å². The van der Waals surface area contributed by atoms with Gasteiger partial charge in [-0.2, -0.15) is 0 Å². The van der Waals surface area contributed by atoms with E-state index in [2.05, 4.69) is 30.3 Å². The fourth-order valence-electron chi connectivity index (χ4n) is 5.73. The first-order chi connectivity index (χ1) is 15.2. The SMILES string of the molecule is CN=C(NCCN1CCN(C(=O)C2CCC2)CC1)NC1CCCN(C2CCCCC2)C1.I. The largest absolute Gasteiger partial charge is 0.355 e. The van der Waals surface area contributed by atoms with Gasteiger partial charge in [0, 0.05) is 70.9 Å². The lowest BCUT2D eigenvalue weighted by atomic mass is 9.84. The molecule has 184 valence electrons. The van der Waals surface area contributed by atoms with Crippen LogP contribution in [-0.2, 0) is 4.79 Å². The number of carbonyl (C=O) groups is 1. The molecule has 2 aliphatic heterocycles. The molecule has 7 nitrogen and oxygen atoms in total. The molecule has 2 heterocycles. The first-order valence-electron chi connectivity index (χ1n) is 13.0. The second kappa shape index (κ2) is 13.3. The maximum absolute atomic E-state index is 12.4. The van der Waals surface area contributed by atoms with Gasteiger partial charge in [0.1, 0.15) is 0 Å². The van der Waals surface area contributed by atoms with Crippen molar-refractivity contribution >= 4 is 35.8 Å². The van der Waals surface area contributed by atoms with Crippen LogP contribution >= 0.6 is 24.0 Å². The van der Waals surface area contributed by atoms with Gasteiger partial charge in [0.2, 0.25) is 5.91 Å². The molecule has 2 saturated carbocycles. The molecule has 1 unspecified atom stereocenters. The first kappa shape index (κ1) is 26.0. The highest BCUT2D eigenvalue weighted by atomic mass is 127. The Morgan fingerprint density at radius 1 is 0.906 bits per heavy atom. The van der Waals surface area contributed by atoms with E-state index >= 15 is 0 Å². The summed E-state index contributed by atoms with van der Waals surface area (Å²) in [5.74, 6) is 1.68. The van der Waals surface area contributed by atoms with Gasteiger partial charge in [0.15, 0.2) is 5.96 Å². The van der Waals surface area contributed by atoms with E-state index in [1.165, 1.54) is 57.9 Å². The number of likely N-dealkylation sites (tertiary alicyclic amines) is 1. The number of carbonyl (C=O) groups excluding carboxylic acids is 1. The summed E-state index contributed by atoms with van der Waals surface area (Å²) in [5.41, 5.74) is 0. The van der Waals surface area contributed by atoms with Crippen molar-refractivity contribution in [1.82, 2.24) is 25.3 Å². The van der Waals surface area contributed by atoms with E-state index in [9.17, 15) is 4.79 Å². The molecule has 4 aliphatic rings. The maximum Gasteiger partial charge on any atom is 0.225 e.